The Morgan fingerprint density at radius 2 is 1.86 bits per heavy atom. The lowest BCUT2D eigenvalue weighted by molar-refractivity contribution is 0.0592. The van der Waals surface area contributed by atoms with E-state index in [0.29, 0.717) is 35.0 Å². The summed E-state index contributed by atoms with van der Waals surface area (Å²) < 4.78 is 19.6. The molecule has 2 aliphatic rings. The number of nitrogens with one attached hydrogen (secondary N) is 2. The molecule has 0 bridgehead atoms. The molecule has 7 heteroatoms. The number of hydrogen-bond acceptors (Lipinski definition) is 4. The number of ether oxygens (including phenoxy) is 1. The van der Waals surface area contributed by atoms with E-state index in [2.05, 4.69) is 10.3 Å². The number of benzene rings is 3. The van der Waals surface area contributed by atoms with Gasteiger partial charge in [-0.15, -0.1) is 0 Å². The van der Waals surface area contributed by atoms with E-state index < -0.39 is 23.4 Å². The van der Waals surface area contributed by atoms with Crippen LogP contribution in [-0.2, 0) is 10.2 Å². The van der Waals surface area contributed by atoms with Crippen molar-refractivity contribution in [3.05, 3.63) is 100 Å². The molecule has 0 aliphatic carbocycles. The molecular weight excluding hydrogens is 445 g/mol. The number of anilines is 1. The summed E-state index contributed by atoms with van der Waals surface area (Å²) in [4.78, 5) is 31.8. The lowest BCUT2D eigenvalue weighted by atomic mass is 9.72. The van der Waals surface area contributed by atoms with Crippen LogP contribution < -0.4 is 5.32 Å². The van der Waals surface area contributed by atoms with Crippen LogP contribution in [0.4, 0.5) is 10.1 Å². The summed E-state index contributed by atoms with van der Waals surface area (Å²) in [5.74, 6) is -1.01. The van der Waals surface area contributed by atoms with E-state index in [9.17, 15) is 14.0 Å². The minimum Gasteiger partial charge on any atom is -0.464 e. The molecule has 3 heterocycles. The fourth-order valence-corrected chi connectivity index (χ4v) is 5.92. The largest absolute Gasteiger partial charge is 0.464 e. The minimum absolute atomic E-state index is 0.0825. The van der Waals surface area contributed by atoms with Crippen LogP contribution in [-0.4, -0.2) is 41.6 Å². The zero-order valence-corrected chi connectivity index (χ0v) is 19.4. The summed E-state index contributed by atoms with van der Waals surface area (Å²) in [7, 11) is 1.33. The first-order chi connectivity index (χ1) is 17.0. The summed E-state index contributed by atoms with van der Waals surface area (Å²) >= 11 is 0. The molecule has 2 atom stereocenters. The Balaban J connectivity index is 1.61. The number of fused-ring (bicyclic) bond motifs is 4. The van der Waals surface area contributed by atoms with Crippen molar-refractivity contribution in [2.24, 2.45) is 0 Å². The fourth-order valence-electron chi connectivity index (χ4n) is 5.92. The van der Waals surface area contributed by atoms with Crippen molar-refractivity contribution in [1.29, 1.82) is 0 Å². The van der Waals surface area contributed by atoms with Gasteiger partial charge in [0.05, 0.1) is 12.5 Å². The summed E-state index contributed by atoms with van der Waals surface area (Å²) in [6, 6.07) is 19.8. The number of H-pyrrole nitrogens is 1. The number of aromatic nitrogens is 1. The lowest BCUT2D eigenvalue weighted by Crippen LogP contribution is -2.47. The average molecular weight is 470 g/mol. The van der Waals surface area contributed by atoms with Gasteiger partial charge in [-0.25, -0.2) is 9.18 Å². The number of aryl methyl sites for hydroxylation is 1. The number of likely N-dealkylation sites (tertiary alicyclic amines) is 1. The molecule has 0 radical (unpaired) electrons. The molecule has 2 aliphatic heterocycles. The first kappa shape index (κ1) is 21.4. The lowest BCUT2D eigenvalue weighted by Gasteiger charge is -2.33. The Hall–Kier alpha value is -4.13. The molecule has 176 valence electrons. The third kappa shape index (κ3) is 2.94. The molecule has 0 spiro atoms. The molecule has 1 saturated heterocycles. The number of hydrogen-bond donors (Lipinski definition) is 2. The number of nitrogens with zero attached hydrogens (tertiary/aromatic N) is 1. The van der Waals surface area contributed by atoms with Crippen LogP contribution in [0.2, 0.25) is 0 Å². The monoisotopic (exact) mass is 469 g/mol. The minimum atomic E-state index is -0.773. The highest BCUT2D eigenvalue weighted by Gasteiger charge is 2.58. The van der Waals surface area contributed by atoms with Crippen LogP contribution in [0, 0.1) is 12.7 Å². The third-order valence-electron chi connectivity index (χ3n) is 7.46. The Labute approximate surface area is 201 Å². The van der Waals surface area contributed by atoms with Gasteiger partial charge in [0, 0.05) is 34.3 Å². The Bertz CT molecular complexity index is 1510. The number of rotatable bonds is 3. The van der Waals surface area contributed by atoms with E-state index in [1.54, 1.807) is 6.07 Å². The standard InChI is InChI=1S/C28H24FN3O3/c1-16-7-3-4-8-18(16)25(33)32-14-13-28(20-9-5-6-10-22(20)31-27(28)32)23-19-15-17(29)11-12-21(19)30-24(23)26(34)35-2/h3-12,15,27,30-31H,13-14H2,1-2H3. The molecule has 35 heavy (non-hydrogen) atoms. The predicted octanol–water partition coefficient (Wildman–Crippen LogP) is 4.99. The number of para-hydroxylation sites is 1. The number of methoxy groups -OCH3 is 1. The van der Waals surface area contributed by atoms with E-state index >= 15 is 0 Å². The van der Waals surface area contributed by atoms with Crippen molar-refractivity contribution in [3.63, 3.8) is 0 Å². The smallest absolute Gasteiger partial charge is 0.354 e. The van der Waals surface area contributed by atoms with Crippen molar-refractivity contribution < 1.29 is 18.7 Å². The Morgan fingerprint density at radius 1 is 1.09 bits per heavy atom. The van der Waals surface area contributed by atoms with Gasteiger partial charge in [-0.05, 0) is 54.8 Å². The van der Waals surface area contributed by atoms with Crippen molar-refractivity contribution in [1.82, 2.24) is 9.88 Å². The quantitative estimate of drug-likeness (QED) is 0.415. The highest BCUT2D eigenvalue weighted by molar-refractivity contribution is 6.01. The predicted molar refractivity (Wildman–Crippen MR) is 131 cm³/mol. The Kier molecular flexibility index (Phi) is 4.71. The maximum atomic E-state index is 14.5. The summed E-state index contributed by atoms with van der Waals surface area (Å²) in [6.07, 6.45) is 0.102. The van der Waals surface area contributed by atoms with E-state index in [4.69, 9.17) is 4.74 Å². The molecule has 1 aromatic heterocycles. The molecule has 6 nitrogen and oxygen atoms in total. The third-order valence-corrected chi connectivity index (χ3v) is 7.46. The Morgan fingerprint density at radius 3 is 2.66 bits per heavy atom. The van der Waals surface area contributed by atoms with Crippen LogP contribution in [0.3, 0.4) is 0 Å². The van der Waals surface area contributed by atoms with E-state index in [0.717, 1.165) is 16.8 Å². The van der Waals surface area contributed by atoms with Gasteiger partial charge in [0.2, 0.25) is 0 Å². The van der Waals surface area contributed by atoms with Gasteiger partial charge < -0.3 is 19.9 Å². The molecule has 3 aromatic carbocycles. The topological polar surface area (TPSA) is 74.4 Å². The highest BCUT2D eigenvalue weighted by Crippen LogP contribution is 2.55. The van der Waals surface area contributed by atoms with Crippen molar-refractivity contribution >= 4 is 28.5 Å². The zero-order chi connectivity index (χ0) is 24.3. The number of carbonyl (C=O) groups excluding carboxylic acids is 2. The second-order valence-electron chi connectivity index (χ2n) is 9.18. The van der Waals surface area contributed by atoms with Crippen LogP contribution in [0.1, 0.15) is 44.0 Å². The molecule has 0 saturated carbocycles. The fraction of sp³-hybridized carbons (Fsp3) is 0.214. The van der Waals surface area contributed by atoms with Gasteiger partial charge in [0.1, 0.15) is 17.7 Å². The molecule has 1 amide bonds. The van der Waals surface area contributed by atoms with E-state index in [1.165, 1.54) is 19.2 Å². The van der Waals surface area contributed by atoms with Gasteiger partial charge in [-0.3, -0.25) is 4.79 Å². The number of esters is 1. The second-order valence-corrected chi connectivity index (χ2v) is 9.18. The van der Waals surface area contributed by atoms with Crippen LogP contribution in [0.25, 0.3) is 10.9 Å². The number of amides is 1. The van der Waals surface area contributed by atoms with Crippen molar-refractivity contribution in [3.8, 4) is 0 Å². The van der Waals surface area contributed by atoms with Gasteiger partial charge in [0.25, 0.3) is 5.91 Å². The number of halogens is 1. The van der Waals surface area contributed by atoms with Gasteiger partial charge in [0.15, 0.2) is 0 Å². The molecule has 6 rings (SSSR count). The van der Waals surface area contributed by atoms with Gasteiger partial charge >= 0.3 is 5.97 Å². The molecule has 2 N–H and O–H groups in total. The first-order valence-electron chi connectivity index (χ1n) is 11.6. The second kappa shape index (κ2) is 7.70. The SMILES string of the molecule is COC(=O)c1[nH]c2ccc(F)cc2c1C12CCN(C(=O)c3ccccc3C)C1Nc1ccccc12. The molecule has 2 unspecified atom stereocenters. The maximum Gasteiger partial charge on any atom is 0.354 e. The van der Waals surface area contributed by atoms with Crippen LogP contribution >= 0.6 is 0 Å². The highest BCUT2D eigenvalue weighted by atomic mass is 19.1. The molecular formula is C28H24FN3O3. The summed E-state index contributed by atoms with van der Waals surface area (Å²) in [5.41, 5.74) is 4.20. The number of carbonyl (C=O) groups is 2. The van der Waals surface area contributed by atoms with Gasteiger partial charge in [-0.2, -0.15) is 0 Å². The van der Waals surface area contributed by atoms with Crippen molar-refractivity contribution in [2.45, 2.75) is 24.9 Å². The van der Waals surface area contributed by atoms with E-state index in [1.807, 2.05) is 60.4 Å². The number of aromatic amines is 1. The van der Waals surface area contributed by atoms with Crippen molar-refractivity contribution in [2.75, 3.05) is 19.0 Å². The average Bonchev–Trinajstić information content (AvgIpc) is 3.52. The molecule has 4 aromatic rings. The summed E-state index contributed by atoms with van der Waals surface area (Å²) in [6.45, 7) is 2.40. The van der Waals surface area contributed by atoms with Crippen LogP contribution in [0.15, 0.2) is 66.7 Å². The maximum absolute atomic E-state index is 14.5. The van der Waals surface area contributed by atoms with Crippen LogP contribution in [0.5, 0.6) is 0 Å². The van der Waals surface area contributed by atoms with E-state index in [-0.39, 0.29) is 11.6 Å². The van der Waals surface area contributed by atoms with Gasteiger partial charge in [-0.1, -0.05) is 36.4 Å². The molecule has 1 fully saturated rings. The summed E-state index contributed by atoms with van der Waals surface area (Å²) in [5, 5.41) is 4.16. The normalized spacial score (nSPS) is 20.4. The first-order valence-corrected chi connectivity index (χ1v) is 11.6. The zero-order valence-electron chi connectivity index (χ0n) is 19.4.